The number of nitro benzene ring substituents is 1. The van der Waals surface area contributed by atoms with Gasteiger partial charge >= 0.3 is 18.0 Å². The van der Waals surface area contributed by atoms with E-state index in [4.69, 9.17) is 9.47 Å². The van der Waals surface area contributed by atoms with Crippen LogP contribution < -0.4 is 10.6 Å². The van der Waals surface area contributed by atoms with E-state index in [2.05, 4.69) is 10.6 Å². The standard InChI is InChI=1S/C30H31N3O9/c1-2-41-26(34)18-24(22-13-15-23(16-14-22)33(39)40)27(29(36)37)32-28(35)25(17-20-9-5-3-6-10-20)31-30(38)42-19-21-11-7-4-8-12-21/h3-16,24-25,27H,2,17-19H2,1H3,(H,31,38)(H,32,35)(H,36,37)/t24-,25-,27+/m0/s1. The Hall–Kier alpha value is -5.26. The fourth-order valence-electron chi connectivity index (χ4n) is 4.23. The molecule has 220 valence electrons. The van der Waals surface area contributed by atoms with Crippen LogP contribution in [0.5, 0.6) is 0 Å². The molecule has 3 atom stereocenters. The Balaban J connectivity index is 1.85. The number of non-ortho nitro benzene ring substituents is 1. The molecule has 0 fully saturated rings. The lowest BCUT2D eigenvalue weighted by atomic mass is 9.88. The molecule has 3 aromatic carbocycles. The molecule has 3 rings (SSSR count). The Morgan fingerprint density at radius 2 is 1.45 bits per heavy atom. The minimum Gasteiger partial charge on any atom is -0.480 e. The van der Waals surface area contributed by atoms with Crippen LogP contribution in [0.2, 0.25) is 0 Å². The highest BCUT2D eigenvalue weighted by atomic mass is 16.6. The number of esters is 1. The SMILES string of the molecule is CCOC(=O)C[C@@H](c1ccc([N+](=O)[O-])cc1)[C@@H](NC(=O)[C@H](Cc1ccccc1)NC(=O)OCc1ccccc1)C(=O)O. The van der Waals surface area contributed by atoms with E-state index in [9.17, 15) is 34.4 Å². The van der Waals surface area contributed by atoms with Gasteiger partial charge in [0.25, 0.3) is 5.69 Å². The molecule has 0 aliphatic heterocycles. The first-order valence-corrected chi connectivity index (χ1v) is 13.1. The minimum atomic E-state index is -1.65. The summed E-state index contributed by atoms with van der Waals surface area (Å²) in [6.07, 6.45) is -1.31. The monoisotopic (exact) mass is 577 g/mol. The van der Waals surface area contributed by atoms with Gasteiger partial charge in [0.15, 0.2) is 0 Å². The molecule has 0 saturated heterocycles. The molecule has 0 heterocycles. The Morgan fingerprint density at radius 3 is 2.00 bits per heavy atom. The third-order valence-corrected chi connectivity index (χ3v) is 6.29. The molecule has 0 aliphatic rings. The zero-order valence-electron chi connectivity index (χ0n) is 22.8. The van der Waals surface area contributed by atoms with E-state index >= 15 is 0 Å². The van der Waals surface area contributed by atoms with Gasteiger partial charge in [-0.2, -0.15) is 0 Å². The van der Waals surface area contributed by atoms with Crippen molar-refractivity contribution in [1.82, 2.24) is 10.6 Å². The van der Waals surface area contributed by atoms with Gasteiger partial charge in [0.2, 0.25) is 5.91 Å². The molecule has 3 aromatic rings. The molecule has 0 spiro atoms. The number of carboxylic acid groups (broad SMARTS) is 1. The summed E-state index contributed by atoms with van der Waals surface area (Å²) in [5.74, 6) is -4.15. The van der Waals surface area contributed by atoms with Crippen LogP contribution in [0.25, 0.3) is 0 Å². The number of nitrogens with zero attached hydrogens (tertiary/aromatic N) is 1. The van der Waals surface area contributed by atoms with E-state index in [0.717, 1.165) is 5.56 Å². The fourth-order valence-corrected chi connectivity index (χ4v) is 4.23. The highest BCUT2D eigenvalue weighted by molar-refractivity contribution is 5.90. The van der Waals surface area contributed by atoms with Crippen molar-refractivity contribution in [2.75, 3.05) is 6.61 Å². The second-order valence-electron chi connectivity index (χ2n) is 9.24. The highest BCUT2D eigenvalue weighted by Crippen LogP contribution is 2.27. The van der Waals surface area contributed by atoms with Crippen molar-refractivity contribution in [1.29, 1.82) is 0 Å². The number of aliphatic carboxylic acids is 1. The van der Waals surface area contributed by atoms with Crippen molar-refractivity contribution in [3.05, 3.63) is 112 Å². The van der Waals surface area contributed by atoms with Crippen molar-refractivity contribution < 1.29 is 38.7 Å². The summed E-state index contributed by atoms with van der Waals surface area (Å²) in [4.78, 5) is 61.5. The van der Waals surface area contributed by atoms with Gasteiger partial charge in [0, 0.05) is 24.5 Å². The van der Waals surface area contributed by atoms with Crippen LogP contribution in [0.3, 0.4) is 0 Å². The third kappa shape index (κ3) is 9.44. The molecule has 2 amide bonds. The molecule has 42 heavy (non-hydrogen) atoms. The Bertz CT molecular complexity index is 1370. The number of carbonyl (C=O) groups excluding carboxylic acids is 3. The largest absolute Gasteiger partial charge is 0.480 e. The average molecular weight is 578 g/mol. The number of hydrogen-bond donors (Lipinski definition) is 3. The quantitative estimate of drug-likeness (QED) is 0.146. The number of carboxylic acids is 1. The second kappa shape index (κ2) is 15.5. The number of hydrogen-bond acceptors (Lipinski definition) is 8. The van der Waals surface area contributed by atoms with Crippen LogP contribution in [-0.2, 0) is 36.9 Å². The lowest BCUT2D eigenvalue weighted by molar-refractivity contribution is -0.384. The van der Waals surface area contributed by atoms with Gasteiger partial charge in [-0.25, -0.2) is 9.59 Å². The predicted molar refractivity (Wildman–Crippen MR) is 150 cm³/mol. The van der Waals surface area contributed by atoms with Crippen LogP contribution in [0, 0.1) is 10.1 Å². The number of rotatable bonds is 14. The molecule has 0 radical (unpaired) electrons. The van der Waals surface area contributed by atoms with Crippen LogP contribution in [0.4, 0.5) is 10.5 Å². The molecular formula is C30H31N3O9. The van der Waals surface area contributed by atoms with Gasteiger partial charge in [-0.15, -0.1) is 0 Å². The lowest BCUT2D eigenvalue weighted by Crippen LogP contribution is -2.54. The molecule has 12 nitrogen and oxygen atoms in total. The van der Waals surface area contributed by atoms with Crippen molar-refractivity contribution >= 4 is 29.6 Å². The fraction of sp³-hybridized carbons (Fsp3) is 0.267. The van der Waals surface area contributed by atoms with E-state index in [1.807, 2.05) is 6.07 Å². The third-order valence-electron chi connectivity index (χ3n) is 6.29. The lowest BCUT2D eigenvalue weighted by Gasteiger charge is -2.27. The molecule has 0 saturated carbocycles. The summed E-state index contributed by atoms with van der Waals surface area (Å²) in [6.45, 7) is 1.59. The molecule has 3 N–H and O–H groups in total. The minimum absolute atomic E-state index is 0.0134. The van der Waals surface area contributed by atoms with Crippen molar-refractivity contribution in [2.45, 2.75) is 44.4 Å². The number of amides is 2. The van der Waals surface area contributed by atoms with Crippen molar-refractivity contribution in [2.24, 2.45) is 0 Å². The van der Waals surface area contributed by atoms with Crippen LogP contribution in [-0.4, -0.2) is 52.7 Å². The normalized spacial score (nSPS) is 12.7. The van der Waals surface area contributed by atoms with Gasteiger partial charge in [0.1, 0.15) is 18.7 Å². The van der Waals surface area contributed by atoms with Crippen LogP contribution >= 0.6 is 0 Å². The summed E-state index contributed by atoms with van der Waals surface area (Å²) in [5, 5.41) is 26.2. The molecule has 0 aliphatic carbocycles. The number of alkyl carbamates (subject to hydrolysis) is 1. The van der Waals surface area contributed by atoms with Gasteiger partial charge in [-0.05, 0) is 23.6 Å². The molecule has 0 unspecified atom stereocenters. The smallest absolute Gasteiger partial charge is 0.408 e. The maximum atomic E-state index is 13.5. The zero-order chi connectivity index (χ0) is 30.5. The first kappa shape index (κ1) is 31.3. The zero-order valence-corrected chi connectivity index (χ0v) is 22.8. The number of nitrogens with one attached hydrogen (secondary N) is 2. The van der Waals surface area contributed by atoms with Crippen molar-refractivity contribution in [3.8, 4) is 0 Å². The Kier molecular flexibility index (Phi) is 11.5. The summed E-state index contributed by atoms with van der Waals surface area (Å²) in [5.41, 5.74) is 1.45. The number of nitro groups is 1. The van der Waals surface area contributed by atoms with E-state index in [0.29, 0.717) is 5.56 Å². The average Bonchev–Trinajstić information content (AvgIpc) is 2.98. The van der Waals surface area contributed by atoms with Gasteiger partial charge < -0.3 is 25.2 Å². The molecular weight excluding hydrogens is 546 g/mol. The van der Waals surface area contributed by atoms with Gasteiger partial charge in [-0.1, -0.05) is 72.8 Å². The summed E-state index contributed by atoms with van der Waals surface area (Å²) in [7, 11) is 0. The number of benzene rings is 3. The highest BCUT2D eigenvalue weighted by Gasteiger charge is 2.35. The summed E-state index contributed by atoms with van der Waals surface area (Å²) in [6, 6.07) is 19.8. The number of ether oxygens (including phenoxy) is 2. The second-order valence-corrected chi connectivity index (χ2v) is 9.24. The van der Waals surface area contributed by atoms with Crippen molar-refractivity contribution in [3.63, 3.8) is 0 Å². The topological polar surface area (TPSA) is 174 Å². The Morgan fingerprint density at radius 1 is 0.857 bits per heavy atom. The summed E-state index contributed by atoms with van der Waals surface area (Å²) >= 11 is 0. The van der Waals surface area contributed by atoms with E-state index in [1.165, 1.54) is 24.3 Å². The van der Waals surface area contributed by atoms with E-state index in [1.54, 1.807) is 61.5 Å². The molecule has 0 bridgehead atoms. The van der Waals surface area contributed by atoms with Crippen LogP contribution in [0.15, 0.2) is 84.9 Å². The van der Waals surface area contributed by atoms with Crippen LogP contribution in [0.1, 0.15) is 36.0 Å². The van der Waals surface area contributed by atoms with Gasteiger partial charge in [0.05, 0.1) is 18.0 Å². The maximum absolute atomic E-state index is 13.5. The van der Waals surface area contributed by atoms with Gasteiger partial charge in [-0.3, -0.25) is 19.7 Å². The maximum Gasteiger partial charge on any atom is 0.408 e. The van der Waals surface area contributed by atoms with E-state index < -0.39 is 53.3 Å². The first-order valence-electron chi connectivity index (χ1n) is 13.1. The number of carbonyl (C=O) groups is 4. The summed E-state index contributed by atoms with van der Waals surface area (Å²) < 4.78 is 10.3. The predicted octanol–water partition coefficient (Wildman–Crippen LogP) is 3.74. The Labute approximate surface area is 241 Å². The first-order chi connectivity index (χ1) is 20.2. The molecule has 12 heteroatoms. The molecule has 0 aromatic heterocycles. The van der Waals surface area contributed by atoms with E-state index in [-0.39, 0.29) is 30.9 Å².